The molecule has 0 spiro atoms. The summed E-state index contributed by atoms with van der Waals surface area (Å²) in [6, 6.07) is 8.17. The van der Waals surface area contributed by atoms with E-state index in [0.29, 0.717) is 5.56 Å². The maximum atomic E-state index is 13.6. The van der Waals surface area contributed by atoms with Crippen molar-refractivity contribution in [1.29, 1.82) is 0 Å². The van der Waals surface area contributed by atoms with Gasteiger partial charge in [0.05, 0.1) is 18.8 Å². The second kappa shape index (κ2) is 7.18. The van der Waals surface area contributed by atoms with Gasteiger partial charge in [0.25, 0.3) is 0 Å². The molecule has 0 amide bonds. The average Bonchev–Trinajstić information content (AvgIpc) is 2.94. The van der Waals surface area contributed by atoms with Gasteiger partial charge in [0, 0.05) is 10.9 Å². The SMILES string of the molecule is CCOP(=O)(OCC)c1scc(-c2ccccc2)c1C(F)(F)F. The van der Waals surface area contributed by atoms with E-state index >= 15 is 0 Å². The second-order valence-corrected chi connectivity index (χ2v) is 7.67. The molecule has 0 aliphatic heterocycles. The van der Waals surface area contributed by atoms with Crippen molar-refractivity contribution in [2.75, 3.05) is 13.2 Å². The van der Waals surface area contributed by atoms with Crippen molar-refractivity contribution in [2.24, 2.45) is 0 Å². The number of hydrogen-bond donors (Lipinski definition) is 0. The van der Waals surface area contributed by atoms with Gasteiger partial charge in [0.2, 0.25) is 0 Å². The average molecular weight is 364 g/mol. The van der Waals surface area contributed by atoms with Crippen LogP contribution >= 0.6 is 18.9 Å². The molecule has 0 bridgehead atoms. The molecule has 0 radical (unpaired) electrons. The summed E-state index contributed by atoms with van der Waals surface area (Å²) in [5.74, 6) is 0. The predicted molar refractivity (Wildman–Crippen MR) is 85.2 cm³/mol. The second-order valence-electron chi connectivity index (χ2n) is 4.53. The van der Waals surface area contributed by atoms with Crippen molar-refractivity contribution in [3.63, 3.8) is 0 Å². The highest BCUT2D eigenvalue weighted by atomic mass is 32.1. The molecule has 3 nitrogen and oxygen atoms in total. The summed E-state index contributed by atoms with van der Waals surface area (Å²) >= 11 is 0.752. The van der Waals surface area contributed by atoms with Crippen molar-refractivity contribution in [3.05, 3.63) is 41.3 Å². The van der Waals surface area contributed by atoms with Gasteiger partial charge in [-0.2, -0.15) is 13.2 Å². The van der Waals surface area contributed by atoms with Crippen LogP contribution in [0.25, 0.3) is 11.1 Å². The van der Waals surface area contributed by atoms with Crippen LogP contribution in [0.5, 0.6) is 0 Å². The lowest BCUT2D eigenvalue weighted by atomic mass is 10.0. The largest absolute Gasteiger partial charge is 0.418 e. The highest BCUT2D eigenvalue weighted by Crippen LogP contribution is 2.53. The normalized spacial score (nSPS) is 12.6. The van der Waals surface area contributed by atoms with E-state index < -0.39 is 24.0 Å². The van der Waals surface area contributed by atoms with E-state index in [1.807, 2.05) is 0 Å². The zero-order valence-electron chi connectivity index (χ0n) is 12.6. The molecule has 0 unspecified atom stereocenters. The van der Waals surface area contributed by atoms with Crippen LogP contribution in [0.4, 0.5) is 13.2 Å². The summed E-state index contributed by atoms with van der Waals surface area (Å²) in [5, 5.41) is 1.35. The molecule has 0 aliphatic carbocycles. The Morgan fingerprint density at radius 3 is 2.13 bits per heavy atom. The monoisotopic (exact) mass is 364 g/mol. The maximum Gasteiger partial charge on any atom is 0.418 e. The lowest BCUT2D eigenvalue weighted by Crippen LogP contribution is -2.19. The molecule has 0 aliphatic rings. The number of thiophene rings is 1. The Kier molecular flexibility index (Phi) is 5.68. The quantitative estimate of drug-likeness (QED) is 0.651. The molecule has 0 fully saturated rings. The van der Waals surface area contributed by atoms with E-state index in [2.05, 4.69) is 0 Å². The smallest absolute Gasteiger partial charge is 0.305 e. The van der Waals surface area contributed by atoms with Gasteiger partial charge in [-0.05, 0) is 19.4 Å². The molecule has 0 saturated carbocycles. The minimum absolute atomic E-state index is 0.00680. The molecule has 0 N–H and O–H groups in total. The van der Waals surface area contributed by atoms with Crippen molar-refractivity contribution < 1.29 is 26.8 Å². The number of halogens is 3. The summed E-state index contributed by atoms with van der Waals surface area (Å²) in [4.78, 5) is 0. The summed E-state index contributed by atoms with van der Waals surface area (Å²) in [5.41, 5.74) is -0.557. The van der Waals surface area contributed by atoms with Gasteiger partial charge in [-0.3, -0.25) is 4.57 Å². The Hall–Kier alpha value is -1.14. The van der Waals surface area contributed by atoms with E-state index in [4.69, 9.17) is 9.05 Å². The van der Waals surface area contributed by atoms with Gasteiger partial charge >= 0.3 is 13.8 Å². The van der Waals surface area contributed by atoms with Gasteiger partial charge in [-0.25, -0.2) is 0 Å². The molecule has 1 aromatic carbocycles. The molecule has 23 heavy (non-hydrogen) atoms. The van der Waals surface area contributed by atoms with Crippen LogP contribution in [0.1, 0.15) is 19.4 Å². The van der Waals surface area contributed by atoms with Crippen molar-refractivity contribution in [1.82, 2.24) is 0 Å². The van der Waals surface area contributed by atoms with Crippen LogP contribution in [0.2, 0.25) is 0 Å². The Bertz CT molecular complexity index is 688. The number of rotatable bonds is 6. The minimum Gasteiger partial charge on any atom is -0.305 e. The van der Waals surface area contributed by atoms with Crippen LogP contribution in [-0.2, 0) is 19.8 Å². The molecule has 1 aromatic heterocycles. The van der Waals surface area contributed by atoms with Crippen molar-refractivity contribution >= 4 is 23.6 Å². The summed E-state index contributed by atoms with van der Waals surface area (Å²) in [6.45, 7) is 3.11. The molecular formula is C15H16F3O3PS. The fourth-order valence-electron chi connectivity index (χ4n) is 2.15. The third-order valence-electron chi connectivity index (χ3n) is 2.99. The van der Waals surface area contributed by atoms with Crippen LogP contribution in [0.15, 0.2) is 35.7 Å². The lowest BCUT2D eigenvalue weighted by molar-refractivity contribution is -0.136. The Morgan fingerprint density at radius 2 is 1.65 bits per heavy atom. The molecule has 2 aromatic rings. The first kappa shape index (κ1) is 18.2. The molecule has 0 saturated heterocycles. The van der Waals surface area contributed by atoms with E-state index in [1.165, 1.54) is 5.38 Å². The van der Waals surface area contributed by atoms with E-state index in [-0.39, 0.29) is 18.8 Å². The third kappa shape index (κ3) is 3.86. The third-order valence-corrected chi connectivity index (χ3v) is 6.67. The fourth-order valence-corrected chi connectivity index (χ4v) is 5.48. The Labute approximate surface area is 136 Å². The first-order chi connectivity index (χ1) is 10.8. The van der Waals surface area contributed by atoms with Gasteiger partial charge in [0.1, 0.15) is 4.62 Å². The maximum absolute atomic E-state index is 13.6. The number of hydrogen-bond acceptors (Lipinski definition) is 4. The van der Waals surface area contributed by atoms with Gasteiger partial charge in [0.15, 0.2) is 0 Å². The molecule has 2 rings (SSSR count). The van der Waals surface area contributed by atoms with E-state index in [0.717, 1.165) is 11.3 Å². The molecular weight excluding hydrogens is 348 g/mol. The zero-order chi connectivity index (χ0) is 17.1. The number of alkyl halides is 3. The Morgan fingerprint density at radius 1 is 1.09 bits per heavy atom. The predicted octanol–water partition coefficient (Wildman–Crippen LogP) is 5.33. The first-order valence-electron chi connectivity index (χ1n) is 6.97. The number of benzene rings is 1. The van der Waals surface area contributed by atoms with Crippen LogP contribution in [0, 0.1) is 0 Å². The van der Waals surface area contributed by atoms with Gasteiger partial charge in [-0.15, -0.1) is 11.3 Å². The topological polar surface area (TPSA) is 35.5 Å². The summed E-state index contributed by atoms with van der Waals surface area (Å²) in [6.07, 6.45) is -4.66. The van der Waals surface area contributed by atoms with Crippen LogP contribution < -0.4 is 4.62 Å². The highest BCUT2D eigenvalue weighted by molar-refractivity contribution is 7.68. The summed E-state index contributed by atoms with van der Waals surface area (Å²) in [7, 11) is -4.01. The summed E-state index contributed by atoms with van der Waals surface area (Å²) < 4.78 is 63.4. The first-order valence-corrected chi connectivity index (χ1v) is 9.39. The highest BCUT2D eigenvalue weighted by Gasteiger charge is 2.44. The van der Waals surface area contributed by atoms with Crippen LogP contribution in [0.3, 0.4) is 0 Å². The molecule has 1 heterocycles. The fraction of sp³-hybridized carbons (Fsp3) is 0.333. The van der Waals surface area contributed by atoms with E-state index in [1.54, 1.807) is 44.2 Å². The van der Waals surface area contributed by atoms with Crippen LogP contribution in [-0.4, -0.2) is 13.2 Å². The minimum atomic E-state index is -4.66. The standard InChI is InChI=1S/C15H16F3O3PS/c1-3-20-22(19,21-4-2)14-13(15(16,17)18)12(10-23-14)11-8-6-5-7-9-11/h5-10H,3-4H2,1-2H3. The van der Waals surface area contributed by atoms with Gasteiger partial charge in [-0.1, -0.05) is 30.3 Å². The molecule has 8 heteroatoms. The zero-order valence-corrected chi connectivity index (χ0v) is 14.3. The molecule has 126 valence electrons. The molecule has 0 atom stereocenters. The van der Waals surface area contributed by atoms with Crippen molar-refractivity contribution in [3.8, 4) is 11.1 Å². The lowest BCUT2D eigenvalue weighted by Gasteiger charge is -2.19. The van der Waals surface area contributed by atoms with Gasteiger partial charge < -0.3 is 9.05 Å². The van der Waals surface area contributed by atoms with Crippen molar-refractivity contribution in [2.45, 2.75) is 20.0 Å². The Balaban J connectivity index is 2.66. The van der Waals surface area contributed by atoms with E-state index in [9.17, 15) is 17.7 Å².